The molecular formula is C23H27N7O2. The summed E-state index contributed by atoms with van der Waals surface area (Å²) in [6.07, 6.45) is 8.70. The summed E-state index contributed by atoms with van der Waals surface area (Å²) < 4.78 is 3.45. The molecule has 1 spiro atoms. The van der Waals surface area contributed by atoms with Crippen molar-refractivity contribution in [3.63, 3.8) is 0 Å². The second kappa shape index (κ2) is 7.89. The zero-order valence-electron chi connectivity index (χ0n) is 18.4. The van der Waals surface area contributed by atoms with Gasteiger partial charge in [0, 0.05) is 76.7 Å². The van der Waals surface area contributed by atoms with E-state index in [4.69, 9.17) is 0 Å². The second-order valence-electron chi connectivity index (χ2n) is 8.84. The summed E-state index contributed by atoms with van der Waals surface area (Å²) in [7, 11) is 3.69. The van der Waals surface area contributed by atoms with E-state index in [1.807, 2.05) is 34.8 Å². The lowest BCUT2D eigenvalue weighted by molar-refractivity contribution is -0.147. The predicted octanol–water partition coefficient (Wildman–Crippen LogP) is 1.60. The van der Waals surface area contributed by atoms with E-state index >= 15 is 0 Å². The summed E-state index contributed by atoms with van der Waals surface area (Å²) in [4.78, 5) is 35.2. The van der Waals surface area contributed by atoms with E-state index in [1.165, 1.54) is 0 Å². The van der Waals surface area contributed by atoms with Crippen LogP contribution in [0.4, 0.5) is 0 Å². The Morgan fingerprint density at radius 1 is 1.22 bits per heavy atom. The van der Waals surface area contributed by atoms with Gasteiger partial charge in [-0.05, 0) is 36.6 Å². The van der Waals surface area contributed by atoms with Crippen LogP contribution in [0, 0.1) is 5.41 Å². The molecule has 2 aliphatic heterocycles. The third kappa shape index (κ3) is 3.37. The van der Waals surface area contributed by atoms with Crippen molar-refractivity contribution in [2.75, 3.05) is 19.6 Å². The van der Waals surface area contributed by atoms with E-state index in [0.29, 0.717) is 31.9 Å². The van der Waals surface area contributed by atoms with Crippen LogP contribution in [0.3, 0.4) is 0 Å². The second-order valence-corrected chi connectivity index (χ2v) is 8.84. The van der Waals surface area contributed by atoms with Gasteiger partial charge >= 0.3 is 0 Å². The Morgan fingerprint density at radius 3 is 2.78 bits per heavy atom. The van der Waals surface area contributed by atoms with Crippen LogP contribution in [0.15, 0.2) is 49.1 Å². The quantitative estimate of drug-likeness (QED) is 0.624. The fourth-order valence-corrected chi connectivity index (χ4v) is 5.30. The lowest BCUT2D eigenvalue weighted by Gasteiger charge is -2.42. The summed E-state index contributed by atoms with van der Waals surface area (Å²) >= 11 is 0. The van der Waals surface area contributed by atoms with Crippen LogP contribution >= 0.6 is 0 Å². The monoisotopic (exact) mass is 433 g/mol. The van der Waals surface area contributed by atoms with Crippen LogP contribution in [0.1, 0.15) is 40.5 Å². The van der Waals surface area contributed by atoms with Crippen LogP contribution in [0.25, 0.3) is 0 Å². The van der Waals surface area contributed by atoms with Crippen LogP contribution in [0.2, 0.25) is 0 Å². The maximum atomic E-state index is 14.0. The average Bonchev–Trinajstić information content (AvgIpc) is 3.51. The van der Waals surface area contributed by atoms with E-state index < -0.39 is 5.41 Å². The van der Waals surface area contributed by atoms with Crippen molar-refractivity contribution in [3.8, 4) is 0 Å². The highest BCUT2D eigenvalue weighted by Crippen LogP contribution is 2.49. The molecule has 2 saturated heterocycles. The summed E-state index contributed by atoms with van der Waals surface area (Å²) in [6, 6.07) is 7.57. The minimum atomic E-state index is -0.668. The van der Waals surface area contributed by atoms with Crippen LogP contribution < -0.4 is 0 Å². The SMILES string of the molecule is Cn1ccc(C(=O)N2C[C@@H](c3ccnn3C)[C@@]3(CCCN(Cc4cccnc4)C3=O)C2)n1. The third-order valence-electron chi connectivity index (χ3n) is 6.84. The number of pyridine rings is 1. The van der Waals surface area contributed by atoms with Crippen LogP contribution in [-0.4, -0.2) is 65.8 Å². The lowest BCUT2D eigenvalue weighted by atomic mass is 9.70. The van der Waals surface area contributed by atoms with Gasteiger partial charge in [-0.15, -0.1) is 0 Å². The Morgan fingerprint density at radius 2 is 2.09 bits per heavy atom. The first-order valence-electron chi connectivity index (χ1n) is 10.9. The van der Waals surface area contributed by atoms with Crippen molar-refractivity contribution in [2.45, 2.75) is 25.3 Å². The molecule has 0 unspecified atom stereocenters. The van der Waals surface area contributed by atoms with Crippen molar-refractivity contribution >= 4 is 11.8 Å². The van der Waals surface area contributed by atoms with Gasteiger partial charge in [-0.2, -0.15) is 10.2 Å². The lowest BCUT2D eigenvalue weighted by Crippen LogP contribution is -2.52. The van der Waals surface area contributed by atoms with Gasteiger partial charge in [0.05, 0.1) is 5.41 Å². The predicted molar refractivity (Wildman–Crippen MR) is 116 cm³/mol. The highest BCUT2D eigenvalue weighted by atomic mass is 16.2. The Kier molecular flexibility index (Phi) is 5.03. The van der Waals surface area contributed by atoms with E-state index in [1.54, 1.807) is 47.5 Å². The number of rotatable bonds is 4. The minimum Gasteiger partial charge on any atom is -0.338 e. The number of carbonyl (C=O) groups excluding carboxylic acids is 2. The Hall–Kier alpha value is -3.49. The Labute approximate surface area is 186 Å². The molecule has 3 aromatic heterocycles. The minimum absolute atomic E-state index is 0.107. The van der Waals surface area contributed by atoms with E-state index in [2.05, 4.69) is 15.2 Å². The van der Waals surface area contributed by atoms with Gasteiger partial charge in [0.15, 0.2) is 0 Å². The molecule has 2 amide bonds. The first kappa shape index (κ1) is 20.4. The molecule has 0 saturated carbocycles. The molecule has 0 aromatic carbocycles. The van der Waals surface area contributed by atoms with Gasteiger partial charge in [0.1, 0.15) is 5.69 Å². The van der Waals surface area contributed by atoms with E-state index in [0.717, 1.165) is 24.1 Å². The number of nitrogens with zero attached hydrogens (tertiary/aromatic N) is 7. The number of piperidine rings is 1. The molecule has 2 fully saturated rings. The molecule has 0 aliphatic carbocycles. The molecule has 2 aliphatic rings. The zero-order valence-corrected chi connectivity index (χ0v) is 18.4. The molecule has 0 bridgehead atoms. The maximum absolute atomic E-state index is 14.0. The van der Waals surface area contributed by atoms with Gasteiger partial charge < -0.3 is 9.80 Å². The molecule has 3 aromatic rings. The molecule has 9 nitrogen and oxygen atoms in total. The molecule has 0 radical (unpaired) electrons. The summed E-state index contributed by atoms with van der Waals surface area (Å²) in [5.74, 6) is -0.145. The van der Waals surface area contributed by atoms with Gasteiger partial charge in [0.2, 0.25) is 5.91 Å². The van der Waals surface area contributed by atoms with Crippen molar-refractivity contribution in [2.24, 2.45) is 19.5 Å². The van der Waals surface area contributed by atoms with Crippen LogP contribution in [0.5, 0.6) is 0 Å². The van der Waals surface area contributed by atoms with Crippen LogP contribution in [-0.2, 0) is 25.4 Å². The standard InChI is InChI=1S/C23H27N7O2/c1-27-12-7-19(26-27)21(31)30-15-18(20-6-10-25-28(20)2)23(16-30)8-4-11-29(22(23)32)14-17-5-3-9-24-13-17/h3,5-7,9-10,12-13,18H,4,8,11,14-16H2,1-2H3/t18-,23+/m0/s1. The molecule has 5 heterocycles. The number of aromatic nitrogens is 5. The van der Waals surface area contributed by atoms with Gasteiger partial charge in [0.25, 0.3) is 5.91 Å². The third-order valence-corrected chi connectivity index (χ3v) is 6.84. The molecular weight excluding hydrogens is 406 g/mol. The summed E-state index contributed by atoms with van der Waals surface area (Å²) in [6.45, 7) is 2.10. The first-order valence-corrected chi connectivity index (χ1v) is 10.9. The van der Waals surface area contributed by atoms with Crippen molar-refractivity contribution in [3.05, 3.63) is 66.0 Å². The normalized spacial score (nSPS) is 23.3. The maximum Gasteiger partial charge on any atom is 0.274 e. The fourth-order valence-electron chi connectivity index (χ4n) is 5.30. The number of hydrogen-bond donors (Lipinski definition) is 0. The highest BCUT2D eigenvalue weighted by molar-refractivity contribution is 5.94. The molecule has 5 rings (SSSR count). The van der Waals surface area contributed by atoms with Crippen molar-refractivity contribution < 1.29 is 9.59 Å². The van der Waals surface area contributed by atoms with Crippen molar-refractivity contribution in [1.29, 1.82) is 0 Å². The topological polar surface area (TPSA) is 89.2 Å². The van der Waals surface area contributed by atoms with Gasteiger partial charge in [-0.3, -0.25) is 23.9 Å². The highest BCUT2D eigenvalue weighted by Gasteiger charge is 2.57. The zero-order chi connectivity index (χ0) is 22.3. The molecule has 0 N–H and O–H groups in total. The summed E-state index contributed by atoms with van der Waals surface area (Å²) in [5, 5.41) is 8.64. The van der Waals surface area contributed by atoms with Gasteiger partial charge in [-0.25, -0.2) is 0 Å². The number of amides is 2. The number of hydrogen-bond acceptors (Lipinski definition) is 5. The number of likely N-dealkylation sites (tertiary alicyclic amines) is 2. The molecule has 166 valence electrons. The molecule has 9 heteroatoms. The van der Waals surface area contributed by atoms with E-state index in [-0.39, 0.29) is 17.7 Å². The average molecular weight is 434 g/mol. The molecule has 32 heavy (non-hydrogen) atoms. The summed E-state index contributed by atoms with van der Waals surface area (Å²) in [5.41, 5.74) is 1.73. The van der Waals surface area contributed by atoms with E-state index in [9.17, 15) is 9.59 Å². The smallest absolute Gasteiger partial charge is 0.274 e. The largest absolute Gasteiger partial charge is 0.338 e. The Bertz CT molecular complexity index is 1140. The number of carbonyl (C=O) groups is 2. The fraction of sp³-hybridized carbons (Fsp3) is 0.435. The number of aryl methyl sites for hydroxylation is 2. The Balaban J connectivity index is 1.49. The first-order chi connectivity index (χ1) is 15.5. The van der Waals surface area contributed by atoms with Gasteiger partial charge in [-0.1, -0.05) is 6.07 Å². The molecule has 2 atom stereocenters. The van der Waals surface area contributed by atoms with Crippen molar-refractivity contribution in [1.82, 2.24) is 34.3 Å².